The highest BCUT2D eigenvalue weighted by atomic mass is 14.4. The molecule has 0 saturated carbocycles. The molecule has 1 rings (SSSR count). The zero-order valence-electron chi connectivity index (χ0n) is 8.43. The summed E-state index contributed by atoms with van der Waals surface area (Å²) < 4.78 is 0. The van der Waals surface area contributed by atoms with E-state index in [4.69, 9.17) is 5.41 Å². The van der Waals surface area contributed by atoms with Crippen molar-refractivity contribution in [2.75, 3.05) is 0 Å². The quantitative estimate of drug-likeness (QED) is 0.677. The maximum atomic E-state index is 7.80. The summed E-state index contributed by atoms with van der Waals surface area (Å²) >= 11 is 0. The summed E-state index contributed by atoms with van der Waals surface area (Å²) in [6.45, 7) is 4.22. The van der Waals surface area contributed by atoms with Crippen LogP contribution in [-0.2, 0) is 0 Å². The predicted octanol–water partition coefficient (Wildman–Crippen LogP) is 3.55. The van der Waals surface area contributed by atoms with Crippen molar-refractivity contribution in [1.82, 2.24) is 0 Å². The monoisotopic (exact) mass is 175 g/mol. The number of hydrogen-bond acceptors (Lipinski definition) is 1. The zero-order valence-corrected chi connectivity index (χ0v) is 8.43. The molecule has 0 aromatic heterocycles. The lowest BCUT2D eigenvalue weighted by atomic mass is 10.0. The Balaban J connectivity index is 2.61. The Bertz CT molecular complexity index is 272. The minimum Gasteiger partial charge on any atom is -0.305 e. The molecule has 0 bridgehead atoms. The van der Waals surface area contributed by atoms with E-state index >= 15 is 0 Å². The third-order valence-corrected chi connectivity index (χ3v) is 2.18. The van der Waals surface area contributed by atoms with Crippen molar-refractivity contribution in [2.45, 2.75) is 33.1 Å². The molecule has 1 aromatic rings. The Labute approximate surface area is 80.3 Å². The predicted molar refractivity (Wildman–Crippen MR) is 57.5 cm³/mol. The van der Waals surface area contributed by atoms with Crippen molar-refractivity contribution in [3.63, 3.8) is 0 Å². The fraction of sp³-hybridized carbons (Fsp3) is 0.417. The number of benzene rings is 1. The number of rotatable bonds is 4. The molecule has 0 saturated heterocycles. The molecule has 0 aliphatic heterocycles. The molecule has 0 amide bonds. The molecule has 0 aliphatic rings. The molecular formula is C12H17N. The van der Waals surface area contributed by atoms with Crippen LogP contribution in [0.3, 0.4) is 0 Å². The fourth-order valence-corrected chi connectivity index (χ4v) is 1.25. The van der Waals surface area contributed by atoms with E-state index in [1.165, 1.54) is 5.56 Å². The molecule has 0 radical (unpaired) electrons. The van der Waals surface area contributed by atoms with Gasteiger partial charge < -0.3 is 5.41 Å². The highest BCUT2D eigenvalue weighted by Gasteiger charge is 1.99. The Morgan fingerprint density at radius 3 is 2.38 bits per heavy atom. The molecule has 0 unspecified atom stereocenters. The first-order chi connectivity index (χ1) is 6.24. The summed E-state index contributed by atoms with van der Waals surface area (Å²) in [5, 5.41) is 7.80. The van der Waals surface area contributed by atoms with Crippen LogP contribution in [0.2, 0.25) is 0 Å². The fourth-order valence-electron chi connectivity index (χ4n) is 1.25. The molecule has 1 aromatic carbocycles. The largest absolute Gasteiger partial charge is 0.305 e. The van der Waals surface area contributed by atoms with Gasteiger partial charge in [0.25, 0.3) is 0 Å². The summed E-state index contributed by atoms with van der Waals surface area (Å²) in [5.41, 5.74) is 3.09. The molecule has 70 valence electrons. The third-order valence-electron chi connectivity index (χ3n) is 2.18. The van der Waals surface area contributed by atoms with Crippen molar-refractivity contribution in [1.29, 1.82) is 5.41 Å². The first-order valence-corrected chi connectivity index (χ1v) is 4.88. The van der Waals surface area contributed by atoms with Crippen molar-refractivity contribution in [2.24, 2.45) is 0 Å². The number of nitrogens with one attached hydrogen (secondary N) is 1. The topological polar surface area (TPSA) is 23.9 Å². The maximum absolute atomic E-state index is 7.80. The maximum Gasteiger partial charge on any atom is 0.0386 e. The normalized spacial score (nSPS) is 10.0. The van der Waals surface area contributed by atoms with E-state index in [0.717, 1.165) is 30.5 Å². The third kappa shape index (κ3) is 3.02. The standard InChI is InChI=1S/C12H17N/c1-3-4-5-12(13)11-8-6-10(2)7-9-11/h6-9,13H,3-5H2,1-2H3. The molecule has 0 fully saturated rings. The van der Waals surface area contributed by atoms with Gasteiger partial charge in [0.1, 0.15) is 0 Å². The Kier molecular flexibility index (Phi) is 3.69. The van der Waals surface area contributed by atoms with Gasteiger partial charge in [-0.1, -0.05) is 43.2 Å². The Hall–Kier alpha value is -1.11. The number of hydrogen-bond donors (Lipinski definition) is 1. The minimum absolute atomic E-state index is 0.766. The van der Waals surface area contributed by atoms with E-state index in [9.17, 15) is 0 Å². The molecule has 0 atom stereocenters. The van der Waals surface area contributed by atoms with Crippen LogP contribution < -0.4 is 0 Å². The Morgan fingerprint density at radius 2 is 1.85 bits per heavy atom. The van der Waals surface area contributed by atoms with Gasteiger partial charge in [0.05, 0.1) is 0 Å². The van der Waals surface area contributed by atoms with Crippen molar-refractivity contribution in [3.8, 4) is 0 Å². The van der Waals surface area contributed by atoms with Crippen LogP contribution in [0.1, 0.15) is 37.3 Å². The Morgan fingerprint density at radius 1 is 1.23 bits per heavy atom. The van der Waals surface area contributed by atoms with Gasteiger partial charge in [0, 0.05) is 5.71 Å². The van der Waals surface area contributed by atoms with Gasteiger partial charge in [-0.15, -0.1) is 0 Å². The highest BCUT2D eigenvalue weighted by molar-refractivity contribution is 5.98. The van der Waals surface area contributed by atoms with Crippen molar-refractivity contribution in [3.05, 3.63) is 35.4 Å². The van der Waals surface area contributed by atoms with Crippen LogP contribution >= 0.6 is 0 Å². The van der Waals surface area contributed by atoms with Gasteiger partial charge in [-0.05, 0) is 25.3 Å². The van der Waals surface area contributed by atoms with E-state index in [1.54, 1.807) is 0 Å². The lowest BCUT2D eigenvalue weighted by Crippen LogP contribution is -1.98. The van der Waals surface area contributed by atoms with Crippen LogP contribution in [0.4, 0.5) is 0 Å². The van der Waals surface area contributed by atoms with Gasteiger partial charge in [-0.2, -0.15) is 0 Å². The second kappa shape index (κ2) is 4.80. The van der Waals surface area contributed by atoms with E-state index in [1.807, 2.05) is 12.1 Å². The van der Waals surface area contributed by atoms with Gasteiger partial charge in [0.15, 0.2) is 0 Å². The van der Waals surface area contributed by atoms with Crippen LogP contribution in [0.25, 0.3) is 0 Å². The summed E-state index contributed by atoms with van der Waals surface area (Å²) in [6, 6.07) is 8.20. The van der Waals surface area contributed by atoms with Crippen LogP contribution in [0.5, 0.6) is 0 Å². The SMILES string of the molecule is CCCCC(=N)c1ccc(C)cc1. The second-order valence-electron chi connectivity index (χ2n) is 3.45. The number of aryl methyl sites for hydroxylation is 1. The van der Waals surface area contributed by atoms with E-state index in [-0.39, 0.29) is 0 Å². The molecule has 0 heterocycles. The first kappa shape index (κ1) is 9.97. The van der Waals surface area contributed by atoms with Gasteiger partial charge in [-0.3, -0.25) is 0 Å². The molecule has 1 nitrogen and oxygen atoms in total. The lowest BCUT2D eigenvalue weighted by Gasteiger charge is -2.03. The number of unbranched alkanes of at least 4 members (excludes halogenated alkanes) is 1. The van der Waals surface area contributed by atoms with Gasteiger partial charge in [0.2, 0.25) is 0 Å². The molecule has 0 aliphatic carbocycles. The average molecular weight is 175 g/mol. The summed E-state index contributed by atoms with van der Waals surface area (Å²) in [4.78, 5) is 0. The molecule has 1 N–H and O–H groups in total. The minimum atomic E-state index is 0.766. The van der Waals surface area contributed by atoms with Crippen LogP contribution in [0, 0.1) is 12.3 Å². The summed E-state index contributed by atoms with van der Waals surface area (Å²) in [7, 11) is 0. The summed E-state index contributed by atoms with van der Waals surface area (Å²) in [6.07, 6.45) is 3.18. The van der Waals surface area contributed by atoms with Gasteiger partial charge >= 0.3 is 0 Å². The van der Waals surface area contributed by atoms with Crippen molar-refractivity contribution < 1.29 is 0 Å². The van der Waals surface area contributed by atoms with Gasteiger partial charge in [-0.25, -0.2) is 0 Å². The second-order valence-corrected chi connectivity index (χ2v) is 3.45. The van der Waals surface area contributed by atoms with E-state index in [0.29, 0.717) is 0 Å². The van der Waals surface area contributed by atoms with Crippen molar-refractivity contribution >= 4 is 5.71 Å². The summed E-state index contributed by atoms with van der Waals surface area (Å²) in [5.74, 6) is 0. The lowest BCUT2D eigenvalue weighted by molar-refractivity contribution is 0.833. The van der Waals surface area contributed by atoms with Crippen LogP contribution in [0.15, 0.2) is 24.3 Å². The molecular weight excluding hydrogens is 158 g/mol. The zero-order chi connectivity index (χ0) is 9.68. The van der Waals surface area contributed by atoms with E-state index in [2.05, 4.69) is 26.0 Å². The first-order valence-electron chi connectivity index (χ1n) is 4.88. The van der Waals surface area contributed by atoms with E-state index < -0.39 is 0 Å². The average Bonchev–Trinajstić information content (AvgIpc) is 2.15. The highest BCUT2D eigenvalue weighted by Crippen LogP contribution is 2.08. The molecule has 0 spiro atoms. The molecule has 1 heteroatoms. The van der Waals surface area contributed by atoms with Crippen LogP contribution in [-0.4, -0.2) is 5.71 Å². The smallest absolute Gasteiger partial charge is 0.0386 e. The molecule has 13 heavy (non-hydrogen) atoms.